The first-order chi connectivity index (χ1) is 11.6. The predicted octanol–water partition coefficient (Wildman–Crippen LogP) is 4.19. The van der Waals surface area contributed by atoms with E-state index in [1.165, 1.54) is 25.3 Å². The molecule has 24 heavy (non-hydrogen) atoms. The largest absolute Gasteiger partial charge is 0.467 e. The van der Waals surface area contributed by atoms with Crippen molar-refractivity contribution < 1.29 is 19.0 Å². The lowest BCUT2D eigenvalue weighted by molar-refractivity contribution is 0.0509. The number of aliphatic hydroxyl groups is 1. The quantitative estimate of drug-likeness (QED) is 0.749. The highest BCUT2D eigenvalue weighted by Crippen LogP contribution is 2.29. The molecule has 0 aliphatic rings. The monoisotopic (exact) mass is 391 g/mol. The van der Waals surface area contributed by atoms with E-state index in [0.29, 0.717) is 11.3 Å². The third-order valence-electron chi connectivity index (χ3n) is 3.24. The molecule has 0 heterocycles. The Balaban J connectivity index is 2.26. The van der Waals surface area contributed by atoms with Crippen molar-refractivity contribution in [3.8, 4) is 11.8 Å². The molecule has 0 aliphatic carbocycles. The summed E-state index contributed by atoms with van der Waals surface area (Å²) in [7, 11) is 1.52. The first kappa shape index (κ1) is 18.1. The third kappa shape index (κ3) is 4.42. The molecular weight excluding hydrogens is 377 g/mol. The van der Waals surface area contributed by atoms with Gasteiger partial charge in [0.2, 0.25) is 0 Å². The molecule has 6 heteroatoms. The Morgan fingerprint density at radius 3 is 2.83 bits per heavy atom. The molecule has 124 valence electrons. The molecule has 0 spiro atoms. The van der Waals surface area contributed by atoms with E-state index in [1.54, 1.807) is 12.1 Å². The lowest BCUT2D eigenvalue weighted by Gasteiger charge is -2.11. The normalized spacial score (nSPS) is 12.1. The van der Waals surface area contributed by atoms with Gasteiger partial charge in [-0.3, -0.25) is 0 Å². The molecule has 0 aliphatic heterocycles. The van der Waals surface area contributed by atoms with E-state index in [1.807, 2.05) is 18.2 Å². The summed E-state index contributed by atoms with van der Waals surface area (Å²) in [5.41, 5.74) is 0.993. The Morgan fingerprint density at radius 2 is 2.17 bits per heavy atom. The number of ether oxygens (including phenoxy) is 2. The zero-order valence-electron chi connectivity index (χ0n) is 12.9. The zero-order chi connectivity index (χ0) is 17.5. The van der Waals surface area contributed by atoms with Crippen molar-refractivity contribution in [1.82, 2.24) is 0 Å². The Morgan fingerprint density at radius 1 is 1.38 bits per heavy atom. The summed E-state index contributed by atoms with van der Waals surface area (Å²) in [4.78, 5) is 0. The summed E-state index contributed by atoms with van der Waals surface area (Å²) < 4.78 is 25.1. The second-order valence-electron chi connectivity index (χ2n) is 4.85. The lowest BCUT2D eigenvalue weighted by Crippen LogP contribution is -2.01. The highest BCUT2D eigenvalue weighted by molar-refractivity contribution is 9.10. The average Bonchev–Trinajstić information content (AvgIpc) is 2.58. The van der Waals surface area contributed by atoms with Crippen LogP contribution in [-0.4, -0.2) is 19.0 Å². The average molecular weight is 392 g/mol. The number of hydrogen-bond donors (Lipinski definition) is 1. The van der Waals surface area contributed by atoms with E-state index < -0.39 is 11.9 Å². The van der Waals surface area contributed by atoms with E-state index in [9.17, 15) is 9.50 Å². The number of rotatable bonds is 6. The molecule has 0 saturated carbocycles. The molecule has 0 radical (unpaired) electrons. The van der Waals surface area contributed by atoms with Crippen LogP contribution in [0.3, 0.4) is 0 Å². The fourth-order valence-corrected chi connectivity index (χ4v) is 2.54. The zero-order valence-corrected chi connectivity index (χ0v) is 14.5. The summed E-state index contributed by atoms with van der Waals surface area (Å²) in [6.45, 7) is 0.0874. The predicted molar refractivity (Wildman–Crippen MR) is 91.8 cm³/mol. The van der Waals surface area contributed by atoms with Crippen LogP contribution >= 0.6 is 15.9 Å². The molecular formula is C18H15BrFNO3. The third-order valence-corrected chi connectivity index (χ3v) is 3.93. The molecule has 0 bridgehead atoms. The molecule has 2 rings (SSSR count). The number of nitriles is 1. The number of aliphatic hydroxyl groups excluding tert-OH is 1. The fraction of sp³-hybridized carbons (Fsp3) is 0.167. The number of methoxy groups -OCH3 is 1. The van der Waals surface area contributed by atoms with E-state index in [-0.39, 0.29) is 17.9 Å². The SMILES string of the molecule is COCOc1cccc(Br)c1/C=C/C(O)c1ccc(C#N)cc1F. The first-order valence-corrected chi connectivity index (χ1v) is 7.82. The Kier molecular flexibility index (Phi) is 6.50. The van der Waals surface area contributed by atoms with Gasteiger partial charge in [-0.15, -0.1) is 0 Å². The van der Waals surface area contributed by atoms with Crippen LogP contribution in [0.25, 0.3) is 6.08 Å². The van der Waals surface area contributed by atoms with Gasteiger partial charge in [0, 0.05) is 22.7 Å². The minimum atomic E-state index is -1.15. The second kappa shape index (κ2) is 8.60. The number of hydrogen-bond acceptors (Lipinski definition) is 4. The standard InChI is InChI=1S/C18H15BrFNO3/c1-23-11-24-18-4-2-3-15(19)13(18)7-8-17(22)14-6-5-12(10-21)9-16(14)20/h2-9,17,22H,11H2,1H3/b8-7+. The van der Waals surface area contributed by atoms with Crippen LogP contribution in [0.5, 0.6) is 5.75 Å². The minimum absolute atomic E-state index is 0.0874. The maximum absolute atomic E-state index is 13.9. The van der Waals surface area contributed by atoms with Crippen LogP contribution in [0, 0.1) is 17.1 Å². The van der Waals surface area contributed by atoms with E-state index in [0.717, 1.165) is 10.5 Å². The van der Waals surface area contributed by atoms with Gasteiger partial charge in [0.1, 0.15) is 17.7 Å². The van der Waals surface area contributed by atoms with Gasteiger partial charge in [-0.25, -0.2) is 4.39 Å². The smallest absolute Gasteiger partial charge is 0.188 e. The van der Waals surface area contributed by atoms with E-state index in [2.05, 4.69) is 15.9 Å². The van der Waals surface area contributed by atoms with Gasteiger partial charge in [-0.05, 0) is 24.3 Å². The molecule has 2 aromatic carbocycles. The summed E-state index contributed by atoms with van der Waals surface area (Å²) in [6.07, 6.45) is 1.93. The molecule has 1 unspecified atom stereocenters. The summed E-state index contributed by atoms with van der Waals surface area (Å²) in [6, 6.07) is 11.2. The highest BCUT2D eigenvalue weighted by Gasteiger charge is 2.12. The van der Waals surface area contributed by atoms with Gasteiger partial charge in [-0.1, -0.05) is 40.2 Å². The van der Waals surface area contributed by atoms with Crippen molar-refractivity contribution in [3.63, 3.8) is 0 Å². The lowest BCUT2D eigenvalue weighted by atomic mass is 10.0. The van der Waals surface area contributed by atoms with Crippen molar-refractivity contribution in [2.24, 2.45) is 0 Å². The van der Waals surface area contributed by atoms with Gasteiger partial charge in [0.15, 0.2) is 6.79 Å². The molecule has 0 fully saturated rings. The summed E-state index contributed by atoms with van der Waals surface area (Å²) >= 11 is 3.41. The van der Waals surface area contributed by atoms with Gasteiger partial charge in [-0.2, -0.15) is 5.26 Å². The van der Waals surface area contributed by atoms with E-state index in [4.69, 9.17) is 14.7 Å². The van der Waals surface area contributed by atoms with Gasteiger partial charge in [0.05, 0.1) is 11.6 Å². The van der Waals surface area contributed by atoms with Crippen LogP contribution in [-0.2, 0) is 4.74 Å². The van der Waals surface area contributed by atoms with Gasteiger partial charge in [0.25, 0.3) is 0 Å². The van der Waals surface area contributed by atoms with Crippen molar-refractivity contribution >= 4 is 22.0 Å². The van der Waals surface area contributed by atoms with Crippen LogP contribution in [0.1, 0.15) is 22.8 Å². The molecule has 0 aromatic heterocycles. The minimum Gasteiger partial charge on any atom is -0.467 e. The van der Waals surface area contributed by atoms with Gasteiger partial charge >= 0.3 is 0 Å². The maximum Gasteiger partial charge on any atom is 0.188 e. The summed E-state index contributed by atoms with van der Waals surface area (Å²) in [5.74, 6) is -0.0656. The molecule has 4 nitrogen and oxygen atoms in total. The van der Waals surface area contributed by atoms with Crippen LogP contribution in [0.2, 0.25) is 0 Å². The van der Waals surface area contributed by atoms with Crippen LogP contribution in [0.4, 0.5) is 4.39 Å². The van der Waals surface area contributed by atoms with Crippen LogP contribution in [0.15, 0.2) is 46.9 Å². The molecule has 1 atom stereocenters. The van der Waals surface area contributed by atoms with Crippen molar-refractivity contribution in [2.75, 3.05) is 13.9 Å². The number of nitrogens with zero attached hydrogens (tertiary/aromatic N) is 1. The van der Waals surface area contributed by atoms with Crippen LogP contribution < -0.4 is 4.74 Å². The number of halogens is 2. The van der Waals surface area contributed by atoms with Crippen molar-refractivity contribution in [2.45, 2.75) is 6.10 Å². The second-order valence-corrected chi connectivity index (χ2v) is 5.71. The maximum atomic E-state index is 13.9. The fourth-order valence-electron chi connectivity index (χ4n) is 2.05. The molecule has 2 aromatic rings. The number of benzene rings is 2. The Bertz CT molecular complexity index is 786. The first-order valence-electron chi connectivity index (χ1n) is 7.03. The summed E-state index contributed by atoms with van der Waals surface area (Å²) in [5, 5.41) is 18.9. The Labute approximate surface area is 147 Å². The van der Waals surface area contributed by atoms with E-state index >= 15 is 0 Å². The highest BCUT2D eigenvalue weighted by atomic mass is 79.9. The van der Waals surface area contributed by atoms with Crippen molar-refractivity contribution in [1.29, 1.82) is 5.26 Å². The Hall–Kier alpha value is -2.20. The molecule has 0 amide bonds. The molecule has 1 N–H and O–H groups in total. The molecule has 0 saturated heterocycles. The van der Waals surface area contributed by atoms with Crippen molar-refractivity contribution in [3.05, 3.63) is 69.5 Å². The topological polar surface area (TPSA) is 62.5 Å². The van der Waals surface area contributed by atoms with Gasteiger partial charge < -0.3 is 14.6 Å².